The molecule has 0 aliphatic heterocycles. The summed E-state index contributed by atoms with van der Waals surface area (Å²) in [7, 11) is 0. The van der Waals surface area contributed by atoms with Crippen LogP contribution in [0, 0.1) is 5.21 Å². The summed E-state index contributed by atoms with van der Waals surface area (Å²) in [4.78, 5) is 3.15. The van der Waals surface area contributed by atoms with E-state index in [0.29, 0.717) is 5.65 Å². The maximum Gasteiger partial charge on any atom is 0.289 e. The summed E-state index contributed by atoms with van der Waals surface area (Å²) in [6.07, 6.45) is 1.51. The molecule has 14 heavy (non-hydrogen) atoms. The highest BCUT2D eigenvalue weighted by Gasteiger charge is 2.20. The van der Waals surface area contributed by atoms with Crippen molar-refractivity contribution >= 4 is 11.0 Å². The third kappa shape index (κ3) is 1.35. The van der Waals surface area contributed by atoms with E-state index in [4.69, 9.17) is 0 Å². The SMILES string of the molecule is CC(C)(C)c1cc2ccc[n+]([O-])c2[nH]1. The van der Waals surface area contributed by atoms with Gasteiger partial charge in [-0.3, -0.25) is 0 Å². The molecule has 0 unspecified atom stereocenters. The highest BCUT2D eigenvalue weighted by molar-refractivity contribution is 5.74. The Morgan fingerprint density at radius 3 is 2.64 bits per heavy atom. The molecule has 0 aliphatic carbocycles. The first-order valence-electron chi connectivity index (χ1n) is 4.70. The molecule has 74 valence electrons. The molecule has 0 aromatic carbocycles. The first kappa shape index (κ1) is 9.06. The number of fused-ring (bicyclic) bond motifs is 1. The van der Waals surface area contributed by atoms with E-state index in [0.717, 1.165) is 15.8 Å². The normalized spacial score (nSPS) is 12.2. The number of hydrogen-bond acceptors (Lipinski definition) is 1. The Balaban J connectivity index is 2.69. The molecule has 0 saturated carbocycles. The topological polar surface area (TPSA) is 42.7 Å². The van der Waals surface area contributed by atoms with Gasteiger partial charge in [-0.25, -0.2) is 9.71 Å². The van der Waals surface area contributed by atoms with E-state index in [1.807, 2.05) is 12.1 Å². The summed E-state index contributed by atoms with van der Waals surface area (Å²) < 4.78 is 0.866. The minimum atomic E-state index is 0.0476. The fourth-order valence-electron chi connectivity index (χ4n) is 1.47. The maximum absolute atomic E-state index is 11.4. The van der Waals surface area contributed by atoms with Crippen molar-refractivity contribution in [3.05, 3.63) is 35.3 Å². The number of hydrogen-bond donors (Lipinski definition) is 1. The average Bonchev–Trinajstić information content (AvgIpc) is 2.48. The molecule has 0 radical (unpaired) electrons. The number of H-pyrrole nitrogens is 1. The number of nitrogens with one attached hydrogen (secondary N) is 1. The number of nitrogens with zero attached hydrogens (tertiary/aromatic N) is 1. The van der Waals surface area contributed by atoms with Crippen LogP contribution in [0.5, 0.6) is 0 Å². The molecule has 0 saturated heterocycles. The molecule has 0 atom stereocenters. The summed E-state index contributed by atoms with van der Waals surface area (Å²) in [6, 6.07) is 5.73. The highest BCUT2D eigenvalue weighted by Crippen LogP contribution is 2.23. The molecule has 0 spiro atoms. The van der Waals surface area contributed by atoms with Crippen molar-refractivity contribution in [1.82, 2.24) is 4.98 Å². The van der Waals surface area contributed by atoms with Crippen LogP contribution in [0.25, 0.3) is 11.0 Å². The van der Waals surface area contributed by atoms with E-state index in [1.165, 1.54) is 6.20 Å². The Morgan fingerprint density at radius 1 is 1.36 bits per heavy atom. The fourth-order valence-corrected chi connectivity index (χ4v) is 1.47. The predicted molar refractivity (Wildman–Crippen MR) is 56.0 cm³/mol. The third-order valence-electron chi connectivity index (χ3n) is 2.35. The van der Waals surface area contributed by atoms with Crippen molar-refractivity contribution in [3.8, 4) is 0 Å². The lowest BCUT2D eigenvalue weighted by Crippen LogP contribution is -2.26. The zero-order chi connectivity index (χ0) is 10.3. The van der Waals surface area contributed by atoms with Gasteiger partial charge in [0.2, 0.25) is 0 Å². The van der Waals surface area contributed by atoms with E-state index < -0.39 is 0 Å². The minimum absolute atomic E-state index is 0.0476. The Kier molecular flexibility index (Phi) is 1.77. The third-order valence-corrected chi connectivity index (χ3v) is 2.35. The van der Waals surface area contributed by atoms with Crippen LogP contribution < -0.4 is 4.73 Å². The van der Waals surface area contributed by atoms with Crippen LogP contribution in [-0.4, -0.2) is 4.98 Å². The lowest BCUT2D eigenvalue weighted by molar-refractivity contribution is -0.579. The van der Waals surface area contributed by atoms with Crippen LogP contribution >= 0.6 is 0 Å². The number of aromatic nitrogens is 2. The fraction of sp³-hybridized carbons (Fsp3) is 0.364. The molecule has 2 aromatic rings. The molecule has 0 fully saturated rings. The Morgan fingerprint density at radius 2 is 2.07 bits per heavy atom. The van der Waals surface area contributed by atoms with Gasteiger partial charge in [0.15, 0.2) is 0 Å². The summed E-state index contributed by atoms with van der Waals surface area (Å²) in [5.74, 6) is 0. The summed E-state index contributed by atoms with van der Waals surface area (Å²) in [5.41, 5.74) is 1.77. The molecule has 0 bridgehead atoms. The van der Waals surface area contributed by atoms with Crippen LogP contribution in [-0.2, 0) is 5.41 Å². The minimum Gasteiger partial charge on any atom is -0.711 e. The van der Waals surface area contributed by atoms with Crippen LogP contribution in [0.2, 0.25) is 0 Å². The van der Waals surface area contributed by atoms with Crippen molar-refractivity contribution in [2.24, 2.45) is 0 Å². The molecular formula is C11H14N2O. The monoisotopic (exact) mass is 190 g/mol. The number of rotatable bonds is 0. The van der Waals surface area contributed by atoms with Crippen LogP contribution in [0.3, 0.4) is 0 Å². The summed E-state index contributed by atoms with van der Waals surface area (Å²) >= 11 is 0. The lowest BCUT2D eigenvalue weighted by atomic mass is 9.92. The largest absolute Gasteiger partial charge is 0.711 e. The van der Waals surface area contributed by atoms with E-state index in [2.05, 4.69) is 25.8 Å². The molecule has 2 rings (SSSR count). The van der Waals surface area contributed by atoms with Gasteiger partial charge < -0.3 is 5.21 Å². The van der Waals surface area contributed by atoms with Gasteiger partial charge in [-0.2, -0.15) is 0 Å². The van der Waals surface area contributed by atoms with E-state index >= 15 is 0 Å². The smallest absolute Gasteiger partial charge is 0.289 e. The maximum atomic E-state index is 11.4. The Labute approximate surface area is 83.0 Å². The first-order valence-corrected chi connectivity index (χ1v) is 4.70. The van der Waals surface area contributed by atoms with E-state index in [9.17, 15) is 5.21 Å². The second-order valence-electron chi connectivity index (χ2n) is 4.57. The molecular weight excluding hydrogens is 176 g/mol. The summed E-state index contributed by atoms with van der Waals surface area (Å²) in [6.45, 7) is 6.35. The molecule has 3 heteroatoms. The molecule has 2 aromatic heterocycles. The molecule has 0 aliphatic rings. The summed E-state index contributed by atoms with van der Waals surface area (Å²) in [5, 5.41) is 12.4. The van der Waals surface area contributed by atoms with Crippen molar-refractivity contribution in [1.29, 1.82) is 0 Å². The van der Waals surface area contributed by atoms with Crippen molar-refractivity contribution in [2.75, 3.05) is 0 Å². The van der Waals surface area contributed by atoms with E-state index in [1.54, 1.807) is 6.07 Å². The first-order chi connectivity index (χ1) is 6.48. The van der Waals surface area contributed by atoms with E-state index in [-0.39, 0.29) is 5.41 Å². The highest BCUT2D eigenvalue weighted by atomic mass is 16.5. The standard InChI is InChI=1S/C11H14N2O/c1-11(2,3)9-7-8-5-4-6-13(14)10(8)12-9/h4-7,12H,1-3H3. The van der Waals surface area contributed by atoms with Gasteiger partial charge in [-0.05, 0) is 18.2 Å². The second-order valence-corrected chi connectivity index (χ2v) is 4.57. The van der Waals surface area contributed by atoms with Crippen molar-refractivity contribution in [3.63, 3.8) is 0 Å². The van der Waals surface area contributed by atoms with Crippen LogP contribution in [0.1, 0.15) is 26.5 Å². The predicted octanol–water partition coefficient (Wildman–Crippen LogP) is 2.10. The van der Waals surface area contributed by atoms with Gasteiger partial charge in [-0.1, -0.05) is 20.8 Å². The van der Waals surface area contributed by atoms with Crippen molar-refractivity contribution < 1.29 is 4.73 Å². The Bertz CT molecular complexity index is 466. The van der Waals surface area contributed by atoms with Gasteiger partial charge in [0.25, 0.3) is 5.65 Å². The second kappa shape index (κ2) is 2.74. The molecule has 3 nitrogen and oxygen atoms in total. The molecule has 0 amide bonds. The zero-order valence-electron chi connectivity index (χ0n) is 8.66. The quantitative estimate of drug-likeness (QED) is 0.501. The average molecular weight is 190 g/mol. The van der Waals surface area contributed by atoms with Crippen LogP contribution in [0.4, 0.5) is 0 Å². The Hall–Kier alpha value is -1.51. The number of aromatic amines is 1. The molecule has 2 heterocycles. The van der Waals surface area contributed by atoms with Gasteiger partial charge in [-0.15, -0.1) is 0 Å². The zero-order valence-corrected chi connectivity index (χ0v) is 8.66. The molecule has 1 N–H and O–H groups in total. The van der Waals surface area contributed by atoms with Crippen molar-refractivity contribution in [2.45, 2.75) is 26.2 Å². The number of pyridine rings is 1. The van der Waals surface area contributed by atoms with Gasteiger partial charge in [0.1, 0.15) is 5.69 Å². The van der Waals surface area contributed by atoms with Gasteiger partial charge in [0, 0.05) is 5.41 Å². The van der Waals surface area contributed by atoms with Crippen LogP contribution in [0.15, 0.2) is 24.4 Å². The lowest BCUT2D eigenvalue weighted by Gasteiger charge is -2.12. The van der Waals surface area contributed by atoms with Gasteiger partial charge >= 0.3 is 0 Å². The van der Waals surface area contributed by atoms with Gasteiger partial charge in [0.05, 0.1) is 11.6 Å².